The molecule has 2 heterocycles. The van der Waals surface area contributed by atoms with Gasteiger partial charge < -0.3 is 4.90 Å². The number of nitrogens with zero attached hydrogens (tertiary/aromatic N) is 2. The van der Waals surface area contributed by atoms with E-state index in [0.29, 0.717) is 6.17 Å². The van der Waals surface area contributed by atoms with Gasteiger partial charge in [0, 0.05) is 28.7 Å². The number of anilines is 1. The number of allylic oxidation sites excluding steroid dienone is 2. The first-order valence-electron chi connectivity index (χ1n) is 8.78. The Morgan fingerprint density at radius 1 is 1.42 bits per heavy atom. The molecular weight excluding hydrogens is 360 g/mol. The average molecular weight is 389 g/mol. The predicted molar refractivity (Wildman–Crippen MR) is 108 cm³/mol. The van der Waals surface area contributed by atoms with Gasteiger partial charge in [-0.05, 0) is 50.4 Å². The van der Waals surface area contributed by atoms with Crippen molar-refractivity contribution in [2.75, 3.05) is 25.0 Å². The lowest BCUT2D eigenvalue weighted by molar-refractivity contribution is 0.161. The van der Waals surface area contributed by atoms with Crippen LogP contribution in [0.4, 0.5) is 5.69 Å². The summed E-state index contributed by atoms with van der Waals surface area (Å²) < 4.78 is 1.15. The van der Waals surface area contributed by atoms with E-state index in [2.05, 4.69) is 97.4 Å². The van der Waals surface area contributed by atoms with Crippen LogP contribution in [0.1, 0.15) is 39.7 Å². The van der Waals surface area contributed by atoms with Gasteiger partial charge in [0.05, 0.1) is 6.17 Å². The van der Waals surface area contributed by atoms with Crippen LogP contribution in [-0.2, 0) is 5.41 Å². The van der Waals surface area contributed by atoms with Crippen molar-refractivity contribution in [1.29, 1.82) is 0 Å². The van der Waals surface area contributed by atoms with E-state index in [1.165, 1.54) is 23.2 Å². The first-order valence-corrected chi connectivity index (χ1v) is 9.58. The number of benzene rings is 1. The summed E-state index contributed by atoms with van der Waals surface area (Å²) in [7, 11) is 2.27. The highest BCUT2D eigenvalue weighted by atomic mass is 79.9. The molecule has 2 aliphatic heterocycles. The largest absolute Gasteiger partial charge is 0.351 e. The van der Waals surface area contributed by atoms with E-state index in [1.54, 1.807) is 0 Å². The molecule has 2 nitrogen and oxygen atoms in total. The van der Waals surface area contributed by atoms with Gasteiger partial charge in [-0.1, -0.05) is 53.6 Å². The van der Waals surface area contributed by atoms with Crippen molar-refractivity contribution < 1.29 is 0 Å². The molecule has 1 aromatic rings. The first kappa shape index (κ1) is 17.8. The van der Waals surface area contributed by atoms with Crippen molar-refractivity contribution >= 4 is 21.6 Å². The van der Waals surface area contributed by atoms with Gasteiger partial charge in [0.15, 0.2) is 0 Å². The van der Waals surface area contributed by atoms with Crippen LogP contribution in [0.3, 0.4) is 0 Å². The zero-order chi connectivity index (χ0) is 17.7. The summed E-state index contributed by atoms with van der Waals surface area (Å²) in [6.07, 6.45) is 6.06. The van der Waals surface area contributed by atoms with E-state index in [0.717, 1.165) is 17.6 Å². The molecule has 0 N–H and O–H groups in total. The third-order valence-corrected chi connectivity index (χ3v) is 6.61. The molecule has 0 radical (unpaired) electrons. The number of likely N-dealkylation sites (tertiary alicyclic amines) is 1. The van der Waals surface area contributed by atoms with Gasteiger partial charge in [-0.25, -0.2) is 0 Å². The van der Waals surface area contributed by atoms with Gasteiger partial charge in [0.2, 0.25) is 0 Å². The molecule has 0 saturated carbocycles. The van der Waals surface area contributed by atoms with E-state index in [4.69, 9.17) is 0 Å². The Bertz CT molecular complexity index is 687. The van der Waals surface area contributed by atoms with Crippen molar-refractivity contribution in [2.24, 2.45) is 5.41 Å². The Morgan fingerprint density at radius 3 is 2.75 bits per heavy atom. The van der Waals surface area contributed by atoms with Gasteiger partial charge in [-0.15, -0.1) is 6.58 Å². The second kappa shape index (κ2) is 6.03. The highest BCUT2D eigenvalue weighted by Gasteiger charge is 2.61. The predicted octanol–water partition coefficient (Wildman–Crippen LogP) is 5.35. The monoisotopic (exact) mass is 388 g/mol. The van der Waals surface area contributed by atoms with Crippen LogP contribution < -0.4 is 4.90 Å². The minimum atomic E-state index is 0.0325. The molecule has 2 atom stereocenters. The summed E-state index contributed by atoms with van der Waals surface area (Å²) >= 11 is 3.68. The Morgan fingerprint density at radius 2 is 2.12 bits per heavy atom. The number of likely N-dealkylation sites (N-methyl/N-ethyl adjacent to an activating group) is 1. The van der Waals surface area contributed by atoms with Crippen molar-refractivity contribution in [3.8, 4) is 0 Å². The van der Waals surface area contributed by atoms with E-state index in [-0.39, 0.29) is 10.8 Å². The zero-order valence-corrected chi connectivity index (χ0v) is 17.2. The smallest absolute Gasteiger partial charge is 0.0929 e. The normalized spacial score (nSPS) is 26.2. The minimum absolute atomic E-state index is 0.0325. The lowest BCUT2D eigenvalue weighted by atomic mass is 9.60. The molecule has 0 aromatic heterocycles. The molecule has 0 spiro atoms. The van der Waals surface area contributed by atoms with Crippen molar-refractivity contribution in [3.63, 3.8) is 0 Å². The van der Waals surface area contributed by atoms with E-state index < -0.39 is 0 Å². The fraction of sp³-hybridized carbons (Fsp3) is 0.524. The molecule has 3 rings (SSSR count). The molecule has 1 aromatic carbocycles. The van der Waals surface area contributed by atoms with Crippen LogP contribution in [0, 0.1) is 5.41 Å². The zero-order valence-electron chi connectivity index (χ0n) is 15.6. The SMILES string of the molecule is C=CC(C)(C)[C@@]12CCN(C)[C@H]1N(CC=C(C)C)c1cc(Br)ccc12. The highest BCUT2D eigenvalue weighted by molar-refractivity contribution is 9.10. The summed E-state index contributed by atoms with van der Waals surface area (Å²) in [5, 5.41) is 0. The molecule has 2 aliphatic rings. The highest BCUT2D eigenvalue weighted by Crippen LogP contribution is 2.60. The number of rotatable bonds is 4. The van der Waals surface area contributed by atoms with E-state index in [1.807, 2.05) is 0 Å². The van der Waals surface area contributed by atoms with Gasteiger partial charge in [0.1, 0.15) is 0 Å². The fourth-order valence-corrected chi connectivity index (χ4v) is 5.02. The maximum atomic E-state index is 4.19. The van der Waals surface area contributed by atoms with Crippen LogP contribution in [0.25, 0.3) is 0 Å². The second-order valence-corrected chi connectivity index (χ2v) is 9.01. The number of hydrogen-bond acceptors (Lipinski definition) is 2. The molecule has 0 aliphatic carbocycles. The molecule has 24 heavy (non-hydrogen) atoms. The van der Waals surface area contributed by atoms with Crippen molar-refractivity contribution in [3.05, 3.63) is 52.5 Å². The topological polar surface area (TPSA) is 6.48 Å². The molecular formula is C21H29BrN2. The average Bonchev–Trinajstić information content (AvgIpc) is 3.00. The van der Waals surface area contributed by atoms with Gasteiger partial charge >= 0.3 is 0 Å². The molecule has 0 bridgehead atoms. The molecule has 3 heteroatoms. The third kappa shape index (κ3) is 2.40. The van der Waals surface area contributed by atoms with Crippen LogP contribution in [0.2, 0.25) is 0 Å². The fourth-order valence-electron chi connectivity index (χ4n) is 4.67. The molecule has 1 fully saturated rings. The van der Waals surface area contributed by atoms with E-state index in [9.17, 15) is 0 Å². The van der Waals surface area contributed by atoms with Crippen LogP contribution >= 0.6 is 15.9 Å². The summed E-state index contributed by atoms with van der Waals surface area (Å²) in [5.74, 6) is 0. The second-order valence-electron chi connectivity index (χ2n) is 8.10. The minimum Gasteiger partial charge on any atom is -0.351 e. The van der Waals surface area contributed by atoms with Crippen molar-refractivity contribution in [1.82, 2.24) is 4.90 Å². The van der Waals surface area contributed by atoms with Crippen LogP contribution in [-0.4, -0.2) is 31.2 Å². The molecule has 0 unspecified atom stereocenters. The maximum absolute atomic E-state index is 4.19. The van der Waals surface area contributed by atoms with Crippen LogP contribution in [0.5, 0.6) is 0 Å². The van der Waals surface area contributed by atoms with Crippen molar-refractivity contribution in [2.45, 2.75) is 45.7 Å². The first-order chi connectivity index (χ1) is 11.2. The molecule has 0 amide bonds. The Hall–Kier alpha value is -1.06. The lowest BCUT2D eigenvalue weighted by Crippen LogP contribution is -2.54. The quantitative estimate of drug-likeness (QED) is 0.641. The molecule has 130 valence electrons. The number of hydrogen-bond donors (Lipinski definition) is 0. The number of fused-ring (bicyclic) bond motifs is 3. The van der Waals surface area contributed by atoms with E-state index >= 15 is 0 Å². The Kier molecular flexibility index (Phi) is 4.46. The summed E-state index contributed by atoms with van der Waals surface area (Å²) in [4.78, 5) is 5.11. The lowest BCUT2D eigenvalue weighted by Gasteiger charge is -2.45. The van der Waals surface area contributed by atoms with Gasteiger partial charge in [0.25, 0.3) is 0 Å². The standard InChI is InChI=1S/C21H29BrN2/c1-7-20(4,5)21-11-13-23(6)19(21)24(12-10-15(2)3)18-14-16(22)8-9-17(18)21/h7-10,14,19H,1,11-13H2,2-6H3/t19-,21+/m0/s1. The molecule has 1 saturated heterocycles. The number of halogens is 1. The van der Waals surface area contributed by atoms with Gasteiger partial charge in [-0.2, -0.15) is 0 Å². The third-order valence-electron chi connectivity index (χ3n) is 6.12. The summed E-state index contributed by atoms with van der Waals surface area (Å²) in [6, 6.07) is 6.82. The summed E-state index contributed by atoms with van der Waals surface area (Å²) in [5.41, 5.74) is 4.34. The maximum Gasteiger partial charge on any atom is 0.0929 e. The Balaban J connectivity index is 2.23. The van der Waals surface area contributed by atoms with Gasteiger partial charge in [-0.3, -0.25) is 4.90 Å². The van der Waals surface area contributed by atoms with Crippen LogP contribution in [0.15, 0.2) is 47.0 Å². The summed E-state index contributed by atoms with van der Waals surface area (Å²) in [6.45, 7) is 15.3. The Labute approximate surface area is 155 Å².